The van der Waals surface area contributed by atoms with Crippen molar-refractivity contribution in [3.63, 3.8) is 0 Å². The van der Waals surface area contributed by atoms with Crippen molar-refractivity contribution in [1.82, 2.24) is 5.32 Å². The Morgan fingerprint density at radius 1 is 1.16 bits per heavy atom. The van der Waals surface area contributed by atoms with Gasteiger partial charge in [0.2, 0.25) is 0 Å². The fraction of sp³-hybridized carbons (Fsp3) is 0.200. The lowest BCUT2D eigenvalue weighted by Crippen LogP contribution is -2.19. The molecule has 19 heavy (non-hydrogen) atoms. The quantitative estimate of drug-likeness (QED) is 0.889. The molecule has 0 aliphatic carbocycles. The average Bonchev–Trinajstić information content (AvgIpc) is 2.40. The Hall–Kier alpha value is -1.45. The van der Waals surface area contributed by atoms with Crippen molar-refractivity contribution in [2.24, 2.45) is 0 Å². The summed E-state index contributed by atoms with van der Waals surface area (Å²) in [6.45, 7) is 0. The van der Waals surface area contributed by atoms with Crippen molar-refractivity contribution < 1.29 is 8.78 Å². The molecule has 0 saturated heterocycles. The Kier molecular flexibility index (Phi) is 4.51. The maximum atomic E-state index is 13.4. The minimum absolute atomic E-state index is 0.116. The van der Waals surface area contributed by atoms with Crippen LogP contribution in [0.2, 0.25) is 5.02 Å². The Labute approximate surface area is 116 Å². The topological polar surface area (TPSA) is 12.0 Å². The highest BCUT2D eigenvalue weighted by atomic mass is 35.5. The lowest BCUT2D eigenvalue weighted by molar-refractivity contribution is 0.573. The van der Waals surface area contributed by atoms with Crippen molar-refractivity contribution in [2.75, 3.05) is 7.05 Å². The first-order chi connectivity index (χ1) is 9.11. The van der Waals surface area contributed by atoms with Crippen LogP contribution in [0.1, 0.15) is 17.2 Å². The summed E-state index contributed by atoms with van der Waals surface area (Å²) in [5, 5.41) is 3.22. The lowest BCUT2D eigenvalue weighted by Gasteiger charge is -2.17. The highest BCUT2D eigenvalue weighted by molar-refractivity contribution is 6.31. The molecule has 100 valence electrons. The number of likely N-dealkylation sites (N-methyl/N-ethyl adjacent to an activating group) is 1. The lowest BCUT2D eigenvalue weighted by atomic mass is 9.99. The number of benzene rings is 2. The Morgan fingerprint density at radius 3 is 2.58 bits per heavy atom. The van der Waals surface area contributed by atoms with Crippen LogP contribution < -0.4 is 5.32 Å². The van der Waals surface area contributed by atoms with Gasteiger partial charge in [-0.2, -0.15) is 0 Å². The van der Waals surface area contributed by atoms with Crippen LogP contribution in [0.5, 0.6) is 0 Å². The maximum Gasteiger partial charge on any atom is 0.142 e. The van der Waals surface area contributed by atoms with E-state index in [1.165, 1.54) is 18.2 Å². The van der Waals surface area contributed by atoms with Crippen LogP contribution >= 0.6 is 11.6 Å². The summed E-state index contributed by atoms with van der Waals surface area (Å²) in [4.78, 5) is 0. The smallest absolute Gasteiger partial charge is 0.142 e. The Balaban J connectivity index is 2.26. The first kappa shape index (κ1) is 14.0. The van der Waals surface area contributed by atoms with Gasteiger partial charge in [-0.3, -0.25) is 0 Å². The molecule has 2 rings (SSSR count). The maximum absolute atomic E-state index is 13.4. The molecule has 4 heteroatoms. The summed E-state index contributed by atoms with van der Waals surface area (Å²) >= 11 is 5.94. The van der Waals surface area contributed by atoms with Gasteiger partial charge in [-0.25, -0.2) is 8.78 Å². The zero-order valence-corrected chi connectivity index (χ0v) is 11.2. The molecule has 0 amide bonds. The normalized spacial score (nSPS) is 12.4. The van der Waals surface area contributed by atoms with Crippen LogP contribution in [0, 0.1) is 11.6 Å². The van der Waals surface area contributed by atoms with Crippen molar-refractivity contribution in [2.45, 2.75) is 12.5 Å². The average molecular weight is 282 g/mol. The first-order valence-electron chi connectivity index (χ1n) is 5.97. The third-order valence-corrected chi connectivity index (χ3v) is 3.48. The van der Waals surface area contributed by atoms with Crippen LogP contribution in [0.4, 0.5) is 8.78 Å². The zero-order chi connectivity index (χ0) is 13.8. The van der Waals surface area contributed by atoms with Crippen molar-refractivity contribution in [3.05, 3.63) is 70.2 Å². The highest BCUT2D eigenvalue weighted by Crippen LogP contribution is 2.25. The van der Waals surface area contributed by atoms with Crippen molar-refractivity contribution >= 4 is 11.6 Å². The van der Waals surface area contributed by atoms with Gasteiger partial charge >= 0.3 is 0 Å². The molecule has 0 radical (unpaired) electrons. The third kappa shape index (κ3) is 3.31. The molecule has 0 aromatic heterocycles. The van der Waals surface area contributed by atoms with Gasteiger partial charge in [-0.15, -0.1) is 0 Å². The zero-order valence-electron chi connectivity index (χ0n) is 10.5. The van der Waals surface area contributed by atoms with E-state index in [4.69, 9.17) is 11.6 Å². The number of nitrogens with one attached hydrogen (secondary N) is 1. The summed E-state index contributed by atoms with van der Waals surface area (Å²) in [6, 6.07) is 10.9. The second kappa shape index (κ2) is 6.13. The monoisotopic (exact) mass is 281 g/mol. The molecule has 1 atom stereocenters. The molecule has 0 aliphatic rings. The molecule has 0 saturated carbocycles. The Morgan fingerprint density at radius 2 is 1.89 bits per heavy atom. The first-order valence-corrected chi connectivity index (χ1v) is 6.35. The van der Waals surface area contributed by atoms with Crippen molar-refractivity contribution in [1.29, 1.82) is 0 Å². The minimum Gasteiger partial charge on any atom is -0.313 e. The van der Waals surface area contributed by atoms with E-state index in [9.17, 15) is 8.78 Å². The largest absolute Gasteiger partial charge is 0.313 e. The van der Waals surface area contributed by atoms with Gasteiger partial charge in [0.15, 0.2) is 0 Å². The van der Waals surface area contributed by atoms with E-state index in [1.807, 2.05) is 6.07 Å². The summed E-state index contributed by atoms with van der Waals surface area (Å²) in [7, 11) is 1.78. The van der Waals surface area contributed by atoms with E-state index < -0.39 is 5.82 Å². The molecule has 0 spiro atoms. The second-order valence-electron chi connectivity index (χ2n) is 4.31. The fourth-order valence-electron chi connectivity index (χ4n) is 2.04. The van der Waals surface area contributed by atoms with E-state index in [0.29, 0.717) is 12.0 Å². The molecule has 0 bridgehead atoms. The SMILES string of the molecule is CNC(Cc1cccc(F)c1Cl)c1cccc(F)c1. The van der Waals surface area contributed by atoms with Crippen LogP contribution in [0.15, 0.2) is 42.5 Å². The van der Waals surface area contributed by atoms with E-state index in [1.54, 1.807) is 25.2 Å². The summed E-state index contributed by atoms with van der Waals surface area (Å²) in [5.74, 6) is -0.726. The number of hydrogen-bond acceptors (Lipinski definition) is 1. The van der Waals surface area contributed by atoms with Gasteiger partial charge in [0.25, 0.3) is 0 Å². The predicted molar refractivity (Wildman–Crippen MR) is 73.3 cm³/mol. The van der Waals surface area contributed by atoms with Gasteiger partial charge in [0.1, 0.15) is 11.6 Å². The van der Waals surface area contributed by atoms with Gasteiger partial charge < -0.3 is 5.32 Å². The molecule has 2 aromatic carbocycles. The molecule has 2 aromatic rings. The standard InChI is InChI=1S/C15H14ClF2N/c1-19-14(10-4-2-6-12(17)8-10)9-11-5-3-7-13(18)15(11)16/h2-8,14,19H,9H2,1H3. The minimum atomic E-state index is -0.437. The highest BCUT2D eigenvalue weighted by Gasteiger charge is 2.14. The number of halogens is 3. The summed E-state index contributed by atoms with van der Waals surface area (Å²) in [5.41, 5.74) is 1.51. The van der Waals surface area contributed by atoms with E-state index in [-0.39, 0.29) is 16.9 Å². The van der Waals surface area contributed by atoms with E-state index >= 15 is 0 Å². The Bertz CT molecular complexity index is 572. The molecule has 0 heterocycles. The van der Waals surface area contributed by atoms with E-state index in [2.05, 4.69) is 5.32 Å². The fourth-order valence-corrected chi connectivity index (χ4v) is 2.24. The number of rotatable bonds is 4. The van der Waals surface area contributed by atoms with Gasteiger partial charge in [0, 0.05) is 6.04 Å². The molecule has 0 fully saturated rings. The van der Waals surface area contributed by atoms with Crippen molar-refractivity contribution in [3.8, 4) is 0 Å². The molecular weight excluding hydrogens is 268 g/mol. The second-order valence-corrected chi connectivity index (χ2v) is 4.69. The summed E-state index contributed by atoms with van der Waals surface area (Å²) < 4.78 is 26.6. The summed E-state index contributed by atoms with van der Waals surface area (Å²) in [6.07, 6.45) is 0.497. The van der Waals surface area contributed by atoms with Gasteiger partial charge in [-0.05, 0) is 42.8 Å². The molecule has 1 nitrogen and oxygen atoms in total. The van der Waals surface area contributed by atoms with Crippen LogP contribution in [-0.2, 0) is 6.42 Å². The third-order valence-electron chi connectivity index (χ3n) is 3.06. The molecule has 1 unspecified atom stereocenters. The van der Waals surface area contributed by atoms with Crippen LogP contribution in [-0.4, -0.2) is 7.05 Å². The molecule has 0 aliphatic heterocycles. The van der Waals surface area contributed by atoms with Crippen LogP contribution in [0.25, 0.3) is 0 Å². The van der Waals surface area contributed by atoms with Gasteiger partial charge in [0.05, 0.1) is 5.02 Å². The van der Waals surface area contributed by atoms with Crippen LogP contribution in [0.3, 0.4) is 0 Å². The van der Waals surface area contributed by atoms with Gasteiger partial charge in [-0.1, -0.05) is 35.9 Å². The predicted octanol–water partition coefficient (Wildman–Crippen LogP) is 4.12. The number of hydrogen-bond donors (Lipinski definition) is 1. The molecule has 1 N–H and O–H groups in total. The molecular formula is C15H14ClF2N. The van der Waals surface area contributed by atoms with E-state index in [0.717, 1.165) is 5.56 Å².